The molecule has 0 spiro atoms. The van der Waals surface area contributed by atoms with Crippen molar-refractivity contribution in [3.63, 3.8) is 0 Å². The summed E-state index contributed by atoms with van der Waals surface area (Å²) in [7, 11) is 4.23. The molecular weight excluding hydrogens is 250 g/mol. The van der Waals surface area contributed by atoms with Crippen molar-refractivity contribution in [2.24, 2.45) is 0 Å². The van der Waals surface area contributed by atoms with Gasteiger partial charge in [0.1, 0.15) is 0 Å². The van der Waals surface area contributed by atoms with Crippen LogP contribution in [0.3, 0.4) is 0 Å². The molecule has 3 rings (SSSR count). The molecular formula is C16H21N3O. The molecule has 1 fully saturated rings. The Balaban J connectivity index is 1.78. The third-order valence-corrected chi connectivity index (χ3v) is 4.31. The second kappa shape index (κ2) is 5.29. The molecule has 0 bridgehead atoms. The van der Waals surface area contributed by atoms with Crippen LogP contribution in [-0.2, 0) is 0 Å². The standard InChI is InChI=1S/C16H21N3O/c1-18(2)12-7-10-19(11-8-12)16(20)14-4-3-5-15-13(14)6-9-17-15/h3-6,9,12,17H,7-8,10-11H2,1-2H3. The van der Waals surface area contributed by atoms with Crippen molar-refractivity contribution in [1.29, 1.82) is 0 Å². The van der Waals surface area contributed by atoms with Gasteiger partial charge in [-0.1, -0.05) is 6.07 Å². The number of piperidine rings is 1. The second-order valence-corrected chi connectivity index (χ2v) is 5.73. The van der Waals surface area contributed by atoms with Gasteiger partial charge in [0.2, 0.25) is 0 Å². The quantitative estimate of drug-likeness (QED) is 0.910. The van der Waals surface area contributed by atoms with Crippen LogP contribution in [0.15, 0.2) is 30.5 Å². The summed E-state index contributed by atoms with van der Waals surface area (Å²) in [6.07, 6.45) is 4.00. The van der Waals surface area contributed by atoms with Gasteiger partial charge in [-0.2, -0.15) is 0 Å². The van der Waals surface area contributed by atoms with E-state index in [0.29, 0.717) is 6.04 Å². The first-order chi connectivity index (χ1) is 9.66. The summed E-state index contributed by atoms with van der Waals surface area (Å²) in [6.45, 7) is 1.70. The lowest BCUT2D eigenvalue weighted by Gasteiger charge is -2.35. The van der Waals surface area contributed by atoms with E-state index in [1.54, 1.807) is 0 Å². The van der Waals surface area contributed by atoms with Crippen LogP contribution in [0, 0.1) is 0 Å². The summed E-state index contributed by atoms with van der Waals surface area (Å²) in [5.74, 6) is 0.160. The molecule has 20 heavy (non-hydrogen) atoms. The highest BCUT2D eigenvalue weighted by atomic mass is 16.2. The monoisotopic (exact) mass is 271 g/mol. The molecule has 1 aliphatic heterocycles. The first kappa shape index (κ1) is 13.2. The van der Waals surface area contributed by atoms with Gasteiger partial charge in [-0.3, -0.25) is 4.79 Å². The second-order valence-electron chi connectivity index (χ2n) is 5.73. The number of rotatable bonds is 2. The van der Waals surface area contributed by atoms with Crippen molar-refractivity contribution in [2.75, 3.05) is 27.2 Å². The number of aromatic nitrogens is 1. The van der Waals surface area contributed by atoms with Crippen LogP contribution < -0.4 is 0 Å². The van der Waals surface area contributed by atoms with E-state index in [1.165, 1.54) is 0 Å². The van der Waals surface area contributed by atoms with Gasteiger partial charge in [0.25, 0.3) is 5.91 Å². The molecule has 1 aliphatic rings. The zero-order chi connectivity index (χ0) is 14.1. The van der Waals surface area contributed by atoms with Crippen molar-refractivity contribution in [3.8, 4) is 0 Å². The Hall–Kier alpha value is -1.81. The molecule has 0 atom stereocenters. The number of benzene rings is 1. The zero-order valence-electron chi connectivity index (χ0n) is 12.1. The van der Waals surface area contributed by atoms with Gasteiger partial charge in [0.15, 0.2) is 0 Å². The van der Waals surface area contributed by atoms with Crippen LogP contribution in [0.25, 0.3) is 10.9 Å². The van der Waals surface area contributed by atoms with E-state index in [9.17, 15) is 4.79 Å². The Morgan fingerprint density at radius 2 is 2.00 bits per heavy atom. The first-order valence-electron chi connectivity index (χ1n) is 7.18. The molecule has 1 amide bonds. The van der Waals surface area contributed by atoms with Crippen LogP contribution in [0.1, 0.15) is 23.2 Å². The first-order valence-corrected chi connectivity index (χ1v) is 7.18. The largest absolute Gasteiger partial charge is 0.361 e. The van der Waals surface area contributed by atoms with Crippen molar-refractivity contribution in [3.05, 3.63) is 36.0 Å². The SMILES string of the molecule is CN(C)C1CCN(C(=O)c2cccc3[nH]ccc23)CC1. The van der Waals surface area contributed by atoms with Crippen molar-refractivity contribution < 1.29 is 4.79 Å². The number of carbonyl (C=O) groups is 1. The molecule has 2 heterocycles. The minimum atomic E-state index is 0.160. The van der Waals surface area contributed by atoms with Crippen LogP contribution >= 0.6 is 0 Å². The molecule has 1 aromatic heterocycles. The number of hydrogen-bond donors (Lipinski definition) is 1. The maximum Gasteiger partial charge on any atom is 0.254 e. The third kappa shape index (κ3) is 2.31. The molecule has 106 valence electrons. The van der Waals surface area contributed by atoms with Crippen LogP contribution in [0.2, 0.25) is 0 Å². The maximum absolute atomic E-state index is 12.7. The highest BCUT2D eigenvalue weighted by Gasteiger charge is 2.25. The van der Waals surface area contributed by atoms with Crippen LogP contribution in [-0.4, -0.2) is 53.9 Å². The number of nitrogens with one attached hydrogen (secondary N) is 1. The maximum atomic E-state index is 12.7. The number of nitrogens with zero attached hydrogens (tertiary/aromatic N) is 2. The smallest absolute Gasteiger partial charge is 0.254 e. The molecule has 4 heteroatoms. The van der Waals surface area contributed by atoms with E-state index < -0.39 is 0 Å². The van der Waals surface area contributed by atoms with E-state index >= 15 is 0 Å². The molecule has 1 saturated heterocycles. The van der Waals surface area contributed by atoms with Crippen LogP contribution in [0.4, 0.5) is 0 Å². The molecule has 1 aromatic carbocycles. The molecule has 0 aliphatic carbocycles. The van der Waals surface area contributed by atoms with Gasteiger partial charge in [0.05, 0.1) is 0 Å². The molecule has 4 nitrogen and oxygen atoms in total. The van der Waals surface area contributed by atoms with E-state index in [-0.39, 0.29) is 5.91 Å². The van der Waals surface area contributed by atoms with E-state index in [0.717, 1.165) is 42.4 Å². The Morgan fingerprint density at radius 1 is 1.25 bits per heavy atom. The number of fused-ring (bicyclic) bond motifs is 1. The molecule has 2 aromatic rings. The summed E-state index contributed by atoms with van der Waals surface area (Å²) in [5, 5.41) is 1.02. The summed E-state index contributed by atoms with van der Waals surface area (Å²) >= 11 is 0. The number of H-pyrrole nitrogens is 1. The molecule has 0 saturated carbocycles. The minimum Gasteiger partial charge on any atom is -0.361 e. The average Bonchev–Trinajstić information content (AvgIpc) is 2.95. The molecule has 0 radical (unpaired) electrons. The average molecular weight is 271 g/mol. The fraction of sp³-hybridized carbons (Fsp3) is 0.438. The van der Waals surface area contributed by atoms with E-state index in [4.69, 9.17) is 0 Å². The summed E-state index contributed by atoms with van der Waals surface area (Å²) < 4.78 is 0. The Kier molecular flexibility index (Phi) is 3.49. The highest BCUT2D eigenvalue weighted by Crippen LogP contribution is 2.22. The van der Waals surface area contributed by atoms with E-state index in [1.807, 2.05) is 35.4 Å². The number of hydrogen-bond acceptors (Lipinski definition) is 2. The van der Waals surface area contributed by atoms with Gasteiger partial charge >= 0.3 is 0 Å². The topological polar surface area (TPSA) is 39.3 Å². The number of aromatic amines is 1. The molecule has 1 N–H and O–H groups in total. The predicted molar refractivity (Wildman–Crippen MR) is 80.9 cm³/mol. The third-order valence-electron chi connectivity index (χ3n) is 4.31. The minimum absolute atomic E-state index is 0.160. The number of carbonyl (C=O) groups excluding carboxylic acids is 1. The van der Waals surface area contributed by atoms with Gasteiger partial charge in [-0.15, -0.1) is 0 Å². The molecule has 0 unspecified atom stereocenters. The van der Waals surface area contributed by atoms with Crippen molar-refractivity contribution in [1.82, 2.24) is 14.8 Å². The lowest BCUT2D eigenvalue weighted by atomic mass is 10.0. The Bertz CT molecular complexity index is 609. The summed E-state index contributed by atoms with van der Waals surface area (Å²) in [5.41, 5.74) is 1.84. The van der Waals surface area contributed by atoms with Crippen molar-refractivity contribution in [2.45, 2.75) is 18.9 Å². The fourth-order valence-electron chi connectivity index (χ4n) is 3.03. The normalized spacial score (nSPS) is 17.1. The number of likely N-dealkylation sites (tertiary alicyclic amines) is 1. The lowest BCUT2D eigenvalue weighted by Crippen LogP contribution is -2.44. The van der Waals surface area contributed by atoms with Gasteiger partial charge in [-0.25, -0.2) is 0 Å². The highest BCUT2D eigenvalue weighted by molar-refractivity contribution is 6.06. The Labute approximate surface area is 119 Å². The zero-order valence-corrected chi connectivity index (χ0v) is 12.1. The Morgan fingerprint density at radius 3 is 2.70 bits per heavy atom. The van der Waals surface area contributed by atoms with Gasteiger partial charge < -0.3 is 14.8 Å². The van der Waals surface area contributed by atoms with Gasteiger partial charge in [0, 0.05) is 41.8 Å². The lowest BCUT2D eigenvalue weighted by molar-refractivity contribution is 0.0665. The summed E-state index contributed by atoms with van der Waals surface area (Å²) in [6, 6.07) is 8.46. The fourth-order valence-corrected chi connectivity index (χ4v) is 3.03. The summed E-state index contributed by atoms with van der Waals surface area (Å²) in [4.78, 5) is 20.1. The van der Waals surface area contributed by atoms with E-state index in [2.05, 4.69) is 24.0 Å². The van der Waals surface area contributed by atoms with Gasteiger partial charge in [-0.05, 0) is 45.1 Å². The van der Waals surface area contributed by atoms with Crippen LogP contribution in [0.5, 0.6) is 0 Å². The number of amides is 1. The predicted octanol–water partition coefficient (Wildman–Crippen LogP) is 2.33. The van der Waals surface area contributed by atoms with Crippen molar-refractivity contribution >= 4 is 16.8 Å².